The molecule has 0 saturated heterocycles. The van der Waals surface area contributed by atoms with Crippen LogP contribution < -0.4 is 5.56 Å². The molecule has 9 heteroatoms. The Bertz CT molecular complexity index is 1150. The lowest BCUT2D eigenvalue weighted by Gasteiger charge is -2.09. The largest absolute Gasteiger partial charge is 0.332 e. The van der Waals surface area contributed by atoms with Gasteiger partial charge in [0.15, 0.2) is 0 Å². The zero-order chi connectivity index (χ0) is 19.6. The molecule has 1 aromatic carbocycles. The van der Waals surface area contributed by atoms with Gasteiger partial charge >= 0.3 is 7.60 Å². The van der Waals surface area contributed by atoms with Crippen molar-refractivity contribution < 1.29 is 14.0 Å². The highest BCUT2D eigenvalue weighted by atomic mass is 32.1. The van der Waals surface area contributed by atoms with E-state index < -0.39 is 13.2 Å². The van der Waals surface area contributed by atoms with Gasteiger partial charge in [0.05, 0.1) is 11.9 Å². The van der Waals surface area contributed by atoms with Crippen LogP contribution in [0.5, 0.6) is 0 Å². The van der Waals surface area contributed by atoms with E-state index in [4.69, 9.17) is 5.26 Å². The highest BCUT2D eigenvalue weighted by molar-refractivity contribution is 7.51. The Labute approximate surface area is 159 Å². The van der Waals surface area contributed by atoms with E-state index in [-0.39, 0.29) is 11.7 Å². The normalized spacial score (nSPS) is 13.1. The second-order valence-corrected chi connectivity index (χ2v) is 8.69. The fraction of sp³-hybridized carbons (Fsp3) is 0.167. The topological polar surface area (TPSA) is 116 Å². The average molecular weight is 401 g/mol. The van der Waals surface area contributed by atoms with E-state index in [1.807, 2.05) is 17.5 Å². The van der Waals surface area contributed by atoms with Crippen molar-refractivity contribution in [3.63, 3.8) is 0 Å². The summed E-state index contributed by atoms with van der Waals surface area (Å²) in [6, 6.07) is 10.6. The minimum absolute atomic E-state index is 0.0328. The summed E-state index contributed by atoms with van der Waals surface area (Å²) in [4.78, 5) is 28.6. The fourth-order valence-corrected chi connectivity index (χ4v) is 4.20. The molecule has 0 amide bonds. The second-order valence-electron chi connectivity index (χ2n) is 5.88. The van der Waals surface area contributed by atoms with Gasteiger partial charge < -0.3 is 14.4 Å². The smallest absolute Gasteiger partial charge is 0.325 e. The van der Waals surface area contributed by atoms with Gasteiger partial charge in [-0.1, -0.05) is 18.2 Å². The second kappa shape index (κ2) is 7.59. The maximum atomic E-state index is 11.8. The van der Waals surface area contributed by atoms with Gasteiger partial charge in [0, 0.05) is 29.3 Å². The molecule has 0 aliphatic heterocycles. The lowest BCUT2D eigenvalue weighted by molar-refractivity contribution is 0.314. The Balaban J connectivity index is 1.97. The Kier molecular flexibility index (Phi) is 5.40. The summed E-state index contributed by atoms with van der Waals surface area (Å²) in [6.45, 7) is 1.75. The number of nitrogens with one attached hydrogen (secondary N) is 1. The van der Waals surface area contributed by atoms with Crippen molar-refractivity contribution in [3.05, 3.63) is 62.9 Å². The molecule has 0 spiro atoms. The highest BCUT2D eigenvalue weighted by Crippen LogP contribution is 2.45. The quantitative estimate of drug-likeness (QED) is 0.630. The molecule has 27 heavy (non-hydrogen) atoms. The van der Waals surface area contributed by atoms with Gasteiger partial charge in [0.1, 0.15) is 16.6 Å². The Morgan fingerprint density at radius 1 is 1.41 bits per heavy atom. The molecule has 0 saturated carbocycles. The van der Waals surface area contributed by atoms with Gasteiger partial charge in [-0.2, -0.15) is 5.26 Å². The Morgan fingerprint density at radius 2 is 2.19 bits per heavy atom. The first-order chi connectivity index (χ1) is 12.8. The van der Waals surface area contributed by atoms with Crippen LogP contribution in [0.15, 0.2) is 40.5 Å². The van der Waals surface area contributed by atoms with Crippen molar-refractivity contribution in [1.82, 2.24) is 9.97 Å². The third-order valence-electron chi connectivity index (χ3n) is 3.98. The number of aromatic amines is 1. The van der Waals surface area contributed by atoms with Crippen LogP contribution in [0.4, 0.5) is 0 Å². The molecule has 0 radical (unpaired) electrons. The van der Waals surface area contributed by atoms with E-state index in [9.17, 15) is 14.3 Å². The van der Waals surface area contributed by atoms with Crippen molar-refractivity contribution in [1.29, 1.82) is 5.26 Å². The van der Waals surface area contributed by atoms with Crippen molar-refractivity contribution in [2.24, 2.45) is 0 Å². The number of nitriles is 1. The van der Waals surface area contributed by atoms with E-state index in [1.54, 1.807) is 25.1 Å². The molecule has 7 nitrogen and oxygen atoms in total. The highest BCUT2D eigenvalue weighted by Gasteiger charge is 2.18. The third kappa shape index (κ3) is 4.24. The maximum absolute atomic E-state index is 11.8. The molecule has 2 N–H and O–H groups in total. The monoisotopic (exact) mass is 401 g/mol. The standard InChI is InChI=1S/C18H16N3O4PS/c1-11-15(7-14(8-19)17(22)20-11)16-10-27-18(21-16)13-5-3-4-12(6-13)9-26(23,24)25-2/h3-7,10H,9H2,1-2H3,(H,20,22)(H,23,24). The third-order valence-corrected chi connectivity index (χ3v) is 6.21. The van der Waals surface area contributed by atoms with Crippen LogP contribution in [-0.2, 0) is 15.3 Å². The zero-order valence-electron chi connectivity index (χ0n) is 14.6. The van der Waals surface area contributed by atoms with Crippen LogP contribution in [0.25, 0.3) is 21.8 Å². The van der Waals surface area contributed by atoms with Gasteiger partial charge in [-0.25, -0.2) is 4.98 Å². The van der Waals surface area contributed by atoms with Crippen LogP contribution in [0, 0.1) is 18.3 Å². The van der Waals surface area contributed by atoms with E-state index in [0.717, 1.165) is 10.6 Å². The number of aromatic nitrogens is 2. The zero-order valence-corrected chi connectivity index (χ0v) is 16.3. The average Bonchev–Trinajstić information content (AvgIpc) is 3.11. The number of H-pyrrole nitrogens is 1. The van der Waals surface area contributed by atoms with Crippen molar-refractivity contribution in [2.75, 3.05) is 7.11 Å². The van der Waals surface area contributed by atoms with Gasteiger partial charge in [0.25, 0.3) is 5.56 Å². The van der Waals surface area contributed by atoms with Crippen LogP contribution in [-0.4, -0.2) is 22.0 Å². The number of rotatable bonds is 5. The van der Waals surface area contributed by atoms with Crippen molar-refractivity contribution in [3.8, 4) is 27.9 Å². The summed E-state index contributed by atoms with van der Waals surface area (Å²) < 4.78 is 16.4. The van der Waals surface area contributed by atoms with Gasteiger partial charge in [-0.15, -0.1) is 11.3 Å². The van der Waals surface area contributed by atoms with Crippen molar-refractivity contribution >= 4 is 18.9 Å². The molecule has 2 heterocycles. The molecule has 0 bridgehead atoms. The number of aryl methyl sites for hydroxylation is 1. The number of benzene rings is 1. The van der Waals surface area contributed by atoms with Crippen LogP contribution in [0.2, 0.25) is 0 Å². The molecular formula is C18H16N3O4PS. The van der Waals surface area contributed by atoms with Crippen LogP contribution >= 0.6 is 18.9 Å². The molecule has 2 aromatic heterocycles. The number of nitrogens with zero attached hydrogens (tertiary/aromatic N) is 2. The Hall–Kier alpha value is -2.56. The van der Waals surface area contributed by atoms with E-state index in [2.05, 4.69) is 14.5 Å². The minimum Gasteiger partial charge on any atom is -0.325 e. The molecule has 0 aliphatic rings. The van der Waals surface area contributed by atoms with Crippen LogP contribution in [0.1, 0.15) is 16.8 Å². The van der Waals surface area contributed by atoms with Gasteiger partial charge in [-0.3, -0.25) is 9.36 Å². The number of thiazole rings is 1. The Morgan fingerprint density at radius 3 is 2.89 bits per heavy atom. The molecule has 0 fully saturated rings. The predicted molar refractivity (Wildman–Crippen MR) is 104 cm³/mol. The summed E-state index contributed by atoms with van der Waals surface area (Å²) in [5.74, 6) is 0. The lowest BCUT2D eigenvalue weighted by atomic mass is 10.1. The SMILES string of the molecule is COP(=O)(O)Cc1cccc(-c2nc(-c3cc(C#N)c(=O)[nH]c3C)cs2)c1. The summed E-state index contributed by atoms with van der Waals surface area (Å²) in [5.41, 5.74) is 3.05. The molecule has 3 rings (SSSR count). The number of hydrogen-bond donors (Lipinski definition) is 2. The summed E-state index contributed by atoms with van der Waals surface area (Å²) in [6.07, 6.45) is -0.0832. The minimum atomic E-state index is -3.65. The van der Waals surface area contributed by atoms with Gasteiger partial charge in [0.2, 0.25) is 0 Å². The molecule has 138 valence electrons. The molecular weight excluding hydrogens is 385 g/mol. The summed E-state index contributed by atoms with van der Waals surface area (Å²) in [7, 11) is -2.44. The first-order valence-electron chi connectivity index (χ1n) is 7.90. The predicted octanol–water partition coefficient (Wildman–Crippen LogP) is 3.68. The first-order valence-corrected chi connectivity index (χ1v) is 10.5. The lowest BCUT2D eigenvalue weighted by Crippen LogP contribution is -2.11. The number of hydrogen-bond acceptors (Lipinski definition) is 6. The fourth-order valence-electron chi connectivity index (χ4n) is 2.60. The van der Waals surface area contributed by atoms with Crippen molar-refractivity contribution in [2.45, 2.75) is 13.1 Å². The molecule has 1 atom stereocenters. The first kappa shape index (κ1) is 19.2. The van der Waals surface area contributed by atoms with Crippen LogP contribution in [0.3, 0.4) is 0 Å². The van der Waals surface area contributed by atoms with E-state index >= 15 is 0 Å². The summed E-state index contributed by atoms with van der Waals surface area (Å²) >= 11 is 1.41. The van der Waals surface area contributed by atoms with Gasteiger partial charge in [-0.05, 0) is 24.6 Å². The van der Waals surface area contributed by atoms with E-state index in [0.29, 0.717) is 22.5 Å². The maximum Gasteiger partial charge on any atom is 0.332 e. The molecule has 3 aromatic rings. The molecule has 0 aliphatic carbocycles. The summed E-state index contributed by atoms with van der Waals surface area (Å²) in [5, 5.41) is 11.6. The molecule has 1 unspecified atom stereocenters. The number of pyridine rings is 1. The van der Waals surface area contributed by atoms with E-state index in [1.165, 1.54) is 24.5 Å².